The van der Waals surface area contributed by atoms with Gasteiger partial charge in [0, 0.05) is 12.6 Å². The predicted molar refractivity (Wildman–Crippen MR) is 44.5 cm³/mol. The van der Waals surface area contributed by atoms with Crippen molar-refractivity contribution in [2.24, 2.45) is 5.41 Å². The summed E-state index contributed by atoms with van der Waals surface area (Å²) in [5.74, 6) is 0.123. The standard InChI is InChI=1S/C9H15NO2/c1-9(2)4-7(9)10-5-6(11)3-8(10)12/h6-7,11H,3-5H2,1-2H3. The lowest BCUT2D eigenvalue weighted by atomic mass is 10.2. The molecule has 0 aromatic heterocycles. The maximum absolute atomic E-state index is 11.3. The Hall–Kier alpha value is -0.570. The van der Waals surface area contributed by atoms with Crippen LogP contribution >= 0.6 is 0 Å². The number of likely N-dealkylation sites (tertiary alicyclic amines) is 1. The Morgan fingerprint density at radius 1 is 1.58 bits per heavy atom. The van der Waals surface area contributed by atoms with Crippen molar-refractivity contribution in [3.63, 3.8) is 0 Å². The fraction of sp³-hybridized carbons (Fsp3) is 0.889. The van der Waals surface area contributed by atoms with E-state index in [-0.39, 0.29) is 5.91 Å². The van der Waals surface area contributed by atoms with Crippen molar-refractivity contribution >= 4 is 5.91 Å². The maximum Gasteiger partial charge on any atom is 0.225 e. The van der Waals surface area contributed by atoms with E-state index in [2.05, 4.69) is 13.8 Å². The number of nitrogens with zero attached hydrogens (tertiary/aromatic N) is 1. The van der Waals surface area contributed by atoms with Gasteiger partial charge in [0.05, 0.1) is 12.5 Å². The lowest BCUT2D eigenvalue weighted by Gasteiger charge is -2.17. The van der Waals surface area contributed by atoms with Crippen LogP contribution in [0.2, 0.25) is 0 Å². The molecule has 1 heterocycles. The van der Waals surface area contributed by atoms with Gasteiger partial charge in [-0.3, -0.25) is 4.79 Å². The number of β-amino-alcohol motifs (C(OH)–C–C–N with tert-alkyl or cyclic N) is 1. The molecular weight excluding hydrogens is 154 g/mol. The molecule has 3 nitrogen and oxygen atoms in total. The number of hydrogen-bond donors (Lipinski definition) is 1. The molecule has 2 unspecified atom stereocenters. The normalized spacial score (nSPS) is 38.9. The Bertz CT molecular complexity index is 225. The van der Waals surface area contributed by atoms with Crippen molar-refractivity contribution in [1.29, 1.82) is 0 Å². The fourth-order valence-electron chi connectivity index (χ4n) is 1.98. The fourth-order valence-corrected chi connectivity index (χ4v) is 1.98. The average molecular weight is 169 g/mol. The van der Waals surface area contributed by atoms with Crippen molar-refractivity contribution in [3.05, 3.63) is 0 Å². The lowest BCUT2D eigenvalue weighted by Crippen LogP contribution is -2.30. The highest BCUT2D eigenvalue weighted by atomic mass is 16.3. The number of aliphatic hydroxyl groups is 1. The van der Waals surface area contributed by atoms with Crippen LogP contribution in [0.15, 0.2) is 0 Å². The summed E-state index contributed by atoms with van der Waals surface area (Å²) in [7, 11) is 0. The molecule has 1 aliphatic carbocycles. The van der Waals surface area contributed by atoms with Gasteiger partial charge in [0.2, 0.25) is 5.91 Å². The van der Waals surface area contributed by atoms with Crippen LogP contribution in [0.1, 0.15) is 26.7 Å². The molecule has 68 valence electrons. The second-order valence-corrected chi connectivity index (χ2v) is 4.61. The summed E-state index contributed by atoms with van der Waals surface area (Å²) in [4.78, 5) is 13.2. The van der Waals surface area contributed by atoms with Crippen LogP contribution in [0.4, 0.5) is 0 Å². The smallest absolute Gasteiger partial charge is 0.225 e. The van der Waals surface area contributed by atoms with Gasteiger partial charge in [0.1, 0.15) is 0 Å². The van der Waals surface area contributed by atoms with Gasteiger partial charge in [0.25, 0.3) is 0 Å². The van der Waals surface area contributed by atoms with E-state index < -0.39 is 6.10 Å². The van der Waals surface area contributed by atoms with E-state index in [1.165, 1.54) is 0 Å². The third kappa shape index (κ3) is 1.12. The molecular formula is C9H15NO2. The molecule has 1 saturated carbocycles. The first-order valence-electron chi connectivity index (χ1n) is 4.48. The molecule has 3 heteroatoms. The maximum atomic E-state index is 11.3. The van der Waals surface area contributed by atoms with Crippen molar-refractivity contribution < 1.29 is 9.90 Å². The van der Waals surface area contributed by atoms with E-state index in [1.54, 1.807) is 0 Å². The summed E-state index contributed by atoms with van der Waals surface area (Å²) < 4.78 is 0. The zero-order valence-electron chi connectivity index (χ0n) is 7.58. The lowest BCUT2D eigenvalue weighted by molar-refractivity contribution is -0.128. The largest absolute Gasteiger partial charge is 0.391 e. The third-order valence-electron chi connectivity index (χ3n) is 2.98. The number of amides is 1. The van der Waals surface area contributed by atoms with Crippen LogP contribution in [0.3, 0.4) is 0 Å². The van der Waals surface area contributed by atoms with Gasteiger partial charge in [0.15, 0.2) is 0 Å². The first-order chi connectivity index (χ1) is 5.50. The molecule has 0 spiro atoms. The zero-order valence-corrected chi connectivity index (χ0v) is 7.58. The molecule has 1 amide bonds. The monoisotopic (exact) mass is 169 g/mol. The van der Waals surface area contributed by atoms with E-state index in [0.29, 0.717) is 24.4 Å². The molecule has 0 radical (unpaired) electrons. The minimum atomic E-state index is -0.422. The third-order valence-corrected chi connectivity index (χ3v) is 2.98. The minimum absolute atomic E-state index is 0.123. The Morgan fingerprint density at radius 3 is 2.50 bits per heavy atom. The topological polar surface area (TPSA) is 40.5 Å². The van der Waals surface area contributed by atoms with Gasteiger partial charge >= 0.3 is 0 Å². The molecule has 1 N–H and O–H groups in total. The van der Waals surface area contributed by atoms with Gasteiger partial charge in [-0.15, -0.1) is 0 Å². The number of carbonyl (C=O) groups is 1. The molecule has 2 fully saturated rings. The van der Waals surface area contributed by atoms with Crippen molar-refractivity contribution in [3.8, 4) is 0 Å². The van der Waals surface area contributed by atoms with Gasteiger partial charge in [-0.25, -0.2) is 0 Å². The molecule has 0 bridgehead atoms. The summed E-state index contributed by atoms with van der Waals surface area (Å²) in [5, 5.41) is 9.25. The highest BCUT2D eigenvalue weighted by Crippen LogP contribution is 2.49. The van der Waals surface area contributed by atoms with Gasteiger partial charge in [-0.05, 0) is 11.8 Å². The van der Waals surface area contributed by atoms with Crippen LogP contribution in [-0.2, 0) is 4.79 Å². The zero-order chi connectivity index (χ0) is 8.93. The Kier molecular flexibility index (Phi) is 1.49. The molecule has 2 aliphatic rings. The van der Waals surface area contributed by atoms with E-state index >= 15 is 0 Å². The van der Waals surface area contributed by atoms with E-state index in [4.69, 9.17) is 0 Å². The second-order valence-electron chi connectivity index (χ2n) is 4.61. The van der Waals surface area contributed by atoms with Gasteiger partial charge in [-0.2, -0.15) is 0 Å². The summed E-state index contributed by atoms with van der Waals surface area (Å²) in [6.45, 7) is 4.87. The van der Waals surface area contributed by atoms with Crippen LogP contribution in [0.25, 0.3) is 0 Å². The number of rotatable bonds is 1. The van der Waals surface area contributed by atoms with E-state index in [0.717, 1.165) is 6.42 Å². The molecule has 12 heavy (non-hydrogen) atoms. The highest BCUT2D eigenvalue weighted by Gasteiger charge is 2.52. The number of aliphatic hydroxyl groups excluding tert-OH is 1. The molecule has 1 aliphatic heterocycles. The number of carbonyl (C=O) groups excluding carboxylic acids is 1. The van der Waals surface area contributed by atoms with Crippen molar-refractivity contribution in [2.45, 2.75) is 38.8 Å². The van der Waals surface area contributed by atoms with Crippen LogP contribution in [-0.4, -0.2) is 34.6 Å². The Labute approximate surface area is 72.4 Å². The van der Waals surface area contributed by atoms with E-state index in [9.17, 15) is 9.90 Å². The quantitative estimate of drug-likeness (QED) is 0.616. The summed E-state index contributed by atoms with van der Waals surface area (Å²) >= 11 is 0. The average Bonchev–Trinajstić information content (AvgIpc) is 2.40. The SMILES string of the molecule is CC1(C)CC1N1CC(O)CC1=O. The first kappa shape index (κ1) is 8.05. The molecule has 0 aromatic carbocycles. The molecule has 2 rings (SSSR count). The number of hydrogen-bond acceptors (Lipinski definition) is 2. The van der Waals surface area contributed by atoms with Crippen LogP contribution < -0.4 is 0 Å². The molecule has 1 saturated heterocycles. The van der Waals surface area contributed by atoms with Crippen molar-refractivity contribution in [1.82, 2.24) is 4.90 Å². The molecule has 2 atom stereocenters. The Balaban J connectivity index is 2.03. The Morgan fingerprint density at radius 2 is 2.17 bits per heavy atom. The van der Waals surface area contributed by atoms with Crippen LogP contribution in [0.5, 0.6) is 0 Å². The van der Waals surface area contributed by atoms with Crippen molar-refractivity contribution in [2.75, 3.05) is 6.54 Å². The first-order valence-corrected chi connectivity index (χ1v) is 4.48. The second kappa shape index (κ2) is 2.22. The summed E-state index contributed by atoms with van der Waals surface area (Å²) in [6.07, 6.45) is 0.992. The predicted octanol–water partition coefficient (Wildman–Crippen LogP) is 0.378. The van der Waals surface area contributed by atoms with Gasteiger partial charge < -0.3 is 10.0 Å². The van der Waals surface area contributed by atoms with E-state index in [1.807, 2.05) is 4.90 Å². The highest BCUT2D eigenvalue weighted by molar-refractivity contribution is 5.79. The summed E-state index contributed by atoms with van der Waals surface area (Å²) in [6, 6.07) is 0.391. The van der Waals surface area contributed by atoms with Gasteiger partial charge in [-0.1, -0.05) is 13.8 Å². The molecule has 0 aromatic rings. The minimum Gasteiger partial charge on any atom is -0.391 e. The summed E-state index contributed by atoms with van der Waals surface area (Å²) in [5.41, 5.74) is 0.291. The van der Waals surface area contributed by atoms with Crippen LogP contribution in [0, 0.1) is 5.41 Å².